The van der Waals surface area contributed by atoms with Gasteiger partial charge in [0.25, 0.3) is 0 Å². The first-order chi connectivity index (χ1) is 9.28. The molecule has 2 heterocycles. The maximum atomic E-state index is 11.6. The zero-order valence-corrected chi connectivity index (χ0v) is 10.9. The van der Waals surface area contributed by atoms with Crippen LogP contribution in [0.4, 0.5) is 0 Å². The molecule has 0 radical (unpaired) electrons. The maximum absolute atomic E-state index is 11.6. The Kier molecular flexibility index (Phi) is 4.66. The maximum Gasteiger partial charge on any atom is 0.242 e. The summed E-state index contributed by atoms with van der Waals surface area (Å²) in [4.78, 5) is 16.4. The predicted octanol–water partition coefficient (Wildman–Crippen LogP) is -0.000200. The fourth-order valence-electron chi connectivity index (χ4n) is 1.38. The van der Waals surface area contributed by atoms with Gasteiger partial charge < -0.3 is 10.4 Å². The summed E-state index contributed by atoms with van der Waals surface area (Å²) in [6, 6.07) is 1.89. The van der Waals surface area contributed by atoms with Gasteiger partial charge in [-0.15, -0.1) is 11.3 Å². The van der Waals surface area contributed by atoms with Gasteiger partial charge in [-0.1, -0.05) is 11.8 Å². The third-order valence-corrected chi connectivity index (χ3v) is 3.13. The topological polar surface area (TPSA) is 80.0 Å². The molecule has 0 aliphatic rings. The number of thiophene rings is 1. The Balaban J connectivity index is 1.81. The van der Waals surface area contributed by atoms with Gasteiger partial charge in [0.15, 0.2) is 0 Å². The minimum atomic E-state index is -0.153. The average molecular weight is 276 g/mol. The third-order valence-electron chi connectivity index (χ3n) is 2.20. The fraction of sp³-hybridized carbons (Fsp3) is 0.250. The number of aromatic nitrogens is 3. The summed E-state index contributed by atoms with van der Waals surface area (Å²) in [5.74, 6) is 5.27. The van der Waals surface area contributed by atoms with E-state index >= 15 is 0 Å². The molecule has 6 nitrogen and oxygen atoms in total. The Morgan fingerprint density at radius 3 is 3.21 bits per heavy atom. The van der Waals surface area contributed by atoms with E-state index in [9.17, 15) is 4.79 Å². The summed E-state index contributed by atoms with van der Waals surface area (Å²) in [5, 5.41) is 17.1. The molecule has 1 amide bonds. The molecule has 2 aromatic rings. The standard InChI is InChI=1S/C12H12N4O2S/c17-3-1-2-10-4-11(19-7-10)5-14-12(18)6-16-9-13-8-15-16/h4,7-9,17H,3,5-6H2,(H,14,18). The number of nitrogens with zero attached hydrogens (tertiary/aromatic N) is 3. The van der Waals surface area contributed by atoms with Crippen LogP contribution in [0.3, 0.4) is 0 Å². The predicted molar refractivity (Wildman–Crippen MR) is 70.2 cm³/mol. The molecule has 0 fully saturated rings. The van der Waals surface area contributed by atoms with E-state index in [1.54, 1.807) is 0 Å². The van der Waals surface area contributed by atoms with Crippen molar-refractivity contribution in [1.29, 1.82) is 0 Å². The highest BCUT2D eigenvalue weighted by atomic mass is 32.1. The second-order valence-corrected chi connectivity index (χ2v) is 4.63. The zero-order valence-electron chi connectivity index (χ0n) is 10.0. The van der Waals surface area contributed by atoms with Crippen molar-refractivity contribution in [1.82, 2.24) is 20.1 Å². The summed E-state index contributed by atoms with van der Waals surface area (Å²) >= 11 is 1.52. The molecule has 0 bridgehead atoms. The second kappa shape index (κ2) is 6.68. The van der Waals surface area contributed by atoms with Gasteiger partial charge in [0.05, 0.1) is 6.54 Å². The lowest BCUT2D eigenvalue weighted by Gasteiger charge is -2.02. The molecular weight excluding hydrogens is 264 g/mol. The quantitative estimate of drug-likeness (QED) is 0.770. The Morgan fingerprint density at radius 2 is 2.47 bits per heavy atom. The number of aliphatic hydroxyl groups excluding tert-OH is 1. The largest absolute Gasteiger partial charge is 0.384 e. The van der Waals surface area contributed by atoms with E-state index in [1.807, 2.05) is 11.4 Å². The van der Waals surface area contributed by atoms with E-state index in [4.69, 9.17) is 5.11 Å². The highest BCUT2D eigenvalue weighted by Gasteiger charge is 2.04. The van der Waals surface area contributed by atoms with Gasteiger partial charge in [-0.3, -0.25) is 4.79 Å². The van der Waals surface area contributed by atoms with Crippen molar-refractivity contribution in [2.75, 3.05) is 6.61 Å². The Labute approximate surface area is 114 Å². The van der Waals surface area contributed by atoms with Gasteiger partial charge in [-0.05, 0) is 6.07 Å². The molecule has 2 aromatic heterocycles. The summed E-state index contributed by atoms with van der Waals surface area (Å²) in [5.41, 5.74) is 0.847. The number of rotatable bonds is 4. The van der Waals surface area contributed by atoms with Crippen LogP contribution in [-0.4, -0.2) is 32.4 Å². The Morgan fingerprint density at radius 1 is 1.58 bits per heavy atom. The molecular formula is C12H12N4O2S. The number of hydrogen-bond acceptors (Lipinski definition) is 5. The van der Waals surface area contributed by atoms with E-state index in [1.165, 1.54) is 28.7 Å². The molecule has 0 saturated carbocycles. The van der Waals surface area contributed by atoms with Crippen LogP contribution in [0.25, 0.3) is 0 Å². The van der Waals surface area contributed by atoms with E-state index in [2.05, 4.69) is 27.2 Å². The molecule has 0 aliphatic carbocycles. The lowest BCUT2D eigenvalue weighted by Crippen LogP contribution is -2.26. The van der Waals surface area contributed by atoms with Crippen molar-refractivity contribution in [3.05, 3.63) is 34.5 Å². The summed E-state index contributed by atoms with van der Waals surface area (Å²) in [6.07, 6.45) is 2.88. The number of carbonyl (C=O) groups excluding carboxylic acids is 1. The number of amides is 1. The number of aliphatic hydroxyl groups is 1. The molecule has 19 heavy (non-hydrogen) atoms. The van der Waals surface area contributed by atoms with Gasteiger partial charge in [-0.2, -0.15) is 5.10 Å². The second-order valence-electron chi connectivity index (χ2n) is 3.63. The molecule has 7 heteroatoms. The zero-order chi connectivity index (χ0) is 13.5. The summed E-state index contributed by atoms with van der Waals surface area (Å²) < 4.78 is 1.46. The molecule has 2 N–H and O–H groups in total. The Hall–Kier alpha value is -2.17. The van der Waals surface area contributed by atoms with E-state index < -0.39 is 0 Å². The summed E-state index contributed by atoms with van der Waals surface area (Å²) in [6.45, 7) is 0.460. The van der Waals surface area contributed by atoms with Crippen LogP contribution < -0.4 is 5.32 Å². The van der Waals surface area contributed by atoms with E-state index in [0.717, 1.165) is 10.4 Å². The van der Waals surface area contributed by atoms with Crippen LogP contribution in [-0.2, 0) is 17.9 Å². The van der Waals surface area contributed by atoms with Crippen LogP contribution in [0.15, 0.2) is 24.1 Å². The molecule has 0 atom stereocenters. The van der Waals surface area contributed by atoms with Crippen molar-refractivity contribution in [2.24, 2.45) is 0 Å². The fourth-order valence-corrected chi connectivity index (χ4v) is 2.14. The average Bonchev–Trinajstić information content (AvgIpc) is 3.05. The van der Waals surface area contributed by atoms with Crippen LogP contribution >= 0.6 is 11.3 Å². The van der Waals surface area contributed by atoms with E-state index in [-0.39, 0.29) is 19.1 Å². The van der Waals surface area contributed by atoms with Crippen LogP contribution in [0.2, 0.25) is 0 Å². The van der Waals surface area contributed by atoms with Gasteiger partial charge in [0.1, 0.15) is 25.8 Å². The van der Waals surface area contributed by atoms with Crippen molar-refractivity contribution in [3.63, 3.8) is 0 Å². The van der Waals surface area contributed by atoms with E-state index in [0.29, 0.717) is 6.54 Å². The lowest BCUT2D eigenvalue weighted by atomic mass is 10.3. The number of hydrogen-bond donors (Lipinski definition) is 2. The molecule has 98 valence electrons. The highest BCUT2D eigenvalue weighted by molar-refractivity contribution is 7.10. The van der Waals surface area contributed by atoms with Crippen molar-refractivity contribution in [2.45, 2.75) is 13.1 Å². The van der Waals surface area contributed by atoms with Crippen LogP contribution in [0, 0.1) is 11.8 Å². The minimum absolute atomic E-state index is 0.123. The Bertz CT molecular complexity index is 595. The SMILES string of the molecule is O=C(Cn1cncn1)NCc1cc(C#CCO)cs1. The molecule has 0 unspecified atom stereocenters. The smallest absolute Gasteiger partial charge is 0.242 e. The summed E-state index contributed by atoms with van der Waals surface area (Å²) in [7, 11) is 0. The lowest BCUT2D eigenvalue weighted by molar-refractivity contribution is -0.122. The van der Waals surface area contributed by atoms with Crippen LogP contribution in [0.5, 0.6) is 0 Å². The monoisotopic (exact) mass is 276 g/mol. The van der Waals surface area contributed by atoms with Crippen LogP contribution in [0.1, 0.15) is 10.4 Å². The molecule has 0 aliphatic heterocycles. The molecule has 0 spiro atoms. The van der Waals surface area contributed by atoms with Gasteiger partial charge >= 0.3 is 0 Å². The van der Waals surface area contributed by atoms with Crippen molar-refractivity contribution < 1.29 is 9.90 Å². The number of carbonyl (C=O) groups is 1. The first-order valence-electron chi connectivity index (χ1n) is 5.54. The number of nitrogens with one attached hydrogen (secondary N) is 1. The highest BCUT2D eigenvalue weighted by Crippen LogP contribution is 2.13. The molecule has 0 aromatic carbocycles. The van der Waals surface area contributed by atoms with Gasteiger partial charge in [0, 0.05) is 15.8 Å². The normalized spacial score (nSPS) is 9.74. The van der Waals surface area contributed by atoms with Gasteiger partial charge in [-0.25, -0.2) is 9.67 Å². The van der Waals surface area contributed by atoms with Crippen molar-refractivity contribution in [3.8, 4) is 11.8 Å². The minimum Gasteiger partial charge on any atom is -0.384 e. The molecule has 0 saturated heterocycles. The van der Waals surface area contributed by atoms with Gasteiger partial charge in [0.2, 0.25) is 5.91 Å². The third kappa shape index (κ3) is 4.21. The van der Waals surface area contributed by atoms with Crippen molar-refractivity contribution >= 4 is 17.2 Å². The first-order valence-corrected chi connectivity index (χ1v) is 6.42. The first kappa shape index (κ1) is 13.3. The molecule has 2 rings (SSSR count).